The largest absolute Gasteiger partial charge is 0.361 e. The van der Waals surface area contributed by atoms with E-state index in [-0.39, 0.29) is 12.5 Å². The summed E-state index contributed by atoms with van der Waals surface area (Å²) in [5.74, 6) is 1.30. The van der Waals surface area contributed by atoms with Crippen LogP contribution in [-0.2, 0) is 11.3 Å². The first-order valence-electron chi connectivity index (χ1n) is 6.50. The molecule has 104 valence electrons. The lowest BCUT2D eigenvalue weighted by Crippen LogP contribution is -2.29. The average Bonchev–Trinajstić information content (AvgIpc) is 2.43. The van der Waals surface area contributed by atoms with Crippen molar-refractivity contribution >= 4 is 11.7 Å². The van der Waals surface area contributed by atoms with Crippen LogP contribution in [0.15, 0.2) is 36.4 Å². The number of anilines is 1. The van der Waals surface area contributed by atoms with E-state index < -0.39 is 0 Å². The van der Waals surface area contributed by atoms with Crippen LogP contribution in [0.4, 0.5) is 5.82 Å². The van der Waals surface area contributed by atoms with E-state index in [1.54, 1.807) is 0 Å². The summed E-state index contributed by atoms with van der Waals surface area (Å²) in [6.07, 6.45) is 0. The Morgan fingerprint density at radius 3 is 2.60 bits per heavy atom. The molecule has 0 saturated heterocycles. The van der Waals surface area contributed by atoms with E-state index in [0.717, 1.165) is 11.3 Å². The molecule has 2 aromatic rings. The topological polar surface area (TPSA) is 66.9 Å². The van der Waals surface area contributed by atoms with Crippen LogP contribution < -0.4 is 10.6 Å². The molecule has 5 heteroatoms. The maximum atomic E-state index is 11.7. The number of amides is 1. The second-order valence-corrected chi connectivity index (χ2v) is 4.56. The zero-order valence-electron chi connectivity index (χ0n) is 11.7. The average molecular weight is 270 g/mol. The van der Waals surface area contributed by atoms with E-state index in [9.17, 15) is 4.79 Å². The van der Waals surface area contributed by atoms with Gasteiger partial charge < -0.3 is 10.6 Å². The predicted octanol–water partition coefficient (Wildman–Crippen LogP) is 1.82. The number of hydrogen-bond donors (Lipinski definition) is 2. The van der Waals surface area contributed by atoms with E-state index in [1.165, 1.54) is 0 Å². The summed E-state index contributed by atoms with van der Waals surface area (Å²) in [7, 11) is 0. The van der Waals surface area contributed by atoms with Crippen molar-refractivity contribution in [2.45, 2.75) is 20.4 Å². The molecule has 0 radical (unpaired) electrons. The molecule has 0 aliphatic carbocycles. The van der Waals surface area contributed by atoms with Gasteiger partial charge in [0.15, 0.2) is 0 Å². The highest BCUT2D eigenvalue weighted by molar-refractivity contribution is 5.80. The summed E-state index contributed by atoms with van der Waals surface area (Å²) in [4.78, 5) is 20.2. The molecule has 5 nitrogen and oxygen atoms in total. The normalized spacial score (nSPS) is 10.1. The Morgan fingerprint density at radius 1 is 1.15 bits per heavy atom. The molecule has 1 aromatic heterocycles. The van der Waals surface area contributed by atoms with Crippen molar-refractivity contribution in [3.63, 3.8) is 0 Å². The summed E-state index contributed by atoms with van der Waals surface area (Å²) < 4.78 is 0. The van der Waals surface area contributed by atoms with Crippen LogP contribution in [0.1, 0.15) is 17.1 Å². The van der Waals surface area contributed by atoms with Gasteiger partial charge in [-0.05, 0) is 19.4 Å². The van der Waals surface area contributed by atoms with Gasteiger partial charge in [0.2, 0.25) is 5.91 Å². The number of nitrogens with one attached hydrogen (secondary N) is 2. The SMILES string of the molecule is Cc1cc(NCC(=O)NCc2ccccc2)nc(C)n1. The highest BCUT2D eigenvalue weighted by Crippen LogP contribution is 2.04. The van der Waals surface area contributed by atoms with E-state index in [2.05, 4.69) is 20.6 Å². The van der Waals surface area contributed by atoms with Crippen LogP contribution in [-0.4, -0.2) is 22.4 Å². The number of benzene rings is 1. The molecule has 0 aliphatic rings. The van der Waals surface area contributed by atoms with E-state index in [0.29, 0.717) is 18.2 Å². The quantitative estimate of drug-likeness (QED) is 0.869. The highest BCUT2D eigenvalue weighted by Gasteiger charge is 2.03. The monoisotopic (exact) mass is 270 g/mol. The zero-order valence-corrected chi connectivity index (χ0v) is 11.7. The van der Waals surface area contributed by atoms with Gasteiger partial charge in [0.1, 0.15) is 11.6 Å². The Hall–Kier alpha value is -2.43. The van der Waals surface area contributed by atoms with Crippen LogP contribution in [0.25, 0.3) is 0 Å². The summed E-state index contributed by atoms with van der Waals surface area (Å²) in [6.45, 7) is 4.45. The first-order valence-corrected chi connectivity index (χ1v) is 6.50. The molecule has 0 unspecified atom stereocenters. The van der Waals surface area contributed by atoms with Crippen LogP contribution >= 0.6 is 0 Å². The summed E-state index contributed by atoms with van der Waals surface area (Å²) in [5, 5.41) is 5.85. The van der Waals surface area contributed by atoms with Crippen molar-refractivity contribution < 1.29 is 4.79 Å². The Bertz CT molecular complexity index is 563. The van der Waals surface area contributed by atoms with Gasteiger partial charge in [-0.15, -0.1) is 0 Å². The van der Waals surface area contributed by atoms with E-state index >= 15 is 0 Å². The zero-order chi connectivity index (χ0) is 14.4. The third-order valence-corrected chi connectivity index (χ3v) is 2.73. The summed E-state index contributed by atoms with van der Waals surface area (Å²) in [6, 6.07) is 11.6. The summed E-state index contributed by atoms with van der Waals surface area (Å²) in [5.41, 5.74) is 1.96. The maximum Gasteiger partial charge on any atom is 0.239 e. The molecule has 20 heavy (non-hydrogen) atoms. The molecular weight excluding hydrogens is 252 g/mol. The van der Waals surface area contributed by atoms with Crippen molar-refractivity contribution in [3.8, 4) is 0 Å². The standard InChI is InChI=1S/C15H18N4O/c1-11-8-14(19-12(2)18-11)16-10-15(20)17-9-13-6-4-3-5-7-13/h3-8H,9-10H2,1-2H3,(H,17,20)(H,16,18,19). The smallest absolute Gasteiger partial charge is 0.239 e. The lowest BCUT2D eigenvalue weighted by molar-refractivity contribution is -0.119. The fourth-order valence-corrected chi connectivity index (χ4v) is 1.84. The molecule has 0 saturated carbocycles. The first kappa shape index (κ1) is 14.0. The Labute approximate surface area is 118 Å². The highest BCUT2D eigenvalue weighted by atomic mass is 16.1. The van der Waals surface area contributed by atoms with E-state index in [4.69, 9.17) is 0 Å². The molecule has 1 aromatic carbocycles. The van der Waals surface area contributed by atoms with Crippen molar-refractivity contribution in [2.75, 3.05) is 11.9 Å². The van der Waals surface area contributed by atoms with Crippen LogP contribution in [0.3, 0.4) is 0 Å². The van der Waals surface area contributed by atoms with Crippen molar-refractivity contribution in [2.24, 2.45) is 0 Å². The molecule has 0 bridgehead atoms. The summed E-state index contributed by atoms with van der Waals surface area (Å²) >= 11 is 0. The number of aromatic nitrogens is 2. The third-order valence-electron chi connectivity index (χ3n) is 2.73. The van der Waals surface area contributed by atoms with Crippen molar-refractivity contribution in [3.05, 3.63) is 53.5 Å². The second kappa shape index (κ2) is 6.65. The van der Waals surface area contributed by atoms with Crippen molar-refractivity contribution in [1.29, 1.82) is 0 Å². The lowest BCUT2D eigenvalue weighted by atomic mass is 10.2. The minimum atomic E-state index is -0.0669. The van der Waals surface area contributed by atoms with Gasteiger partial charge in [0.25, 0.3) is 0 Å². The fourth-order valence-electron chi connectivity index (χ4n) is 1.84. The minimum Gasteiger partial charge on any atom is -0.361 e. The van der Waals surface area contributed by atoms with E-state index in [1.807, 2.05) is 50.2 Å². The van der Waals surface area contributed by atoms with Crippen molar-refractivity contribution in [1.82, 2.24) is 15.3 Å². The van der Waals surface area contributed by atoms with Gasteiger partial charge in [-0.2, -0.15) is 0 Å². The van der Waals surface area contributed by atoms with Gasteiger partial charge in [0.05, 0.1) is 6.54 Å². The molecular formula is C15H18N4O. The number of carbonyl (C=O) groups excluding carboxylic acids is 1. The molecule has 0 atom stereocenters. The Morgan fingerprint density at radius 2 is 1.90 bits per heavy atom. The van der Waals surface area contributed by atoms with Gasteiger partial charge in [0, 0.05) is 18.3 Å². The number of nitrogens with zero attached hydrogens (tertiary/aromatic N) is 2. The molecule has 1 amide bonds. The Kier molecular flexibility index (Phi) is 4.65. The number of rotatable bonds is 5. The molecule has 2 N–H and O–H groups in total. The van der Waals surface area contributed by atoms with Gasteiger partial charge >= 0.3 is 0 Å². The molecule has 0 aliphatic heterocycles. The molecule has 0 fully saturated rings. The fraction of sp³-hybridized carbons (Fsp3) is 0.267. The number of carbonyl (C=O) groups is 1. The lowest BCUT2D eigenvalue weighted by Gasteiger charge is -2.08. The minimum absolute atomic E-state index is 0.0669. The Balaban J connectivity index is 1.80. The van der Waals surface area contributed by atoms with Gasteiger partial charge in [-0.25, -0.2) is 9.97 Å². The molecule has 0 spiro atoms. The molecule has 2 rings (SSSR count). The predicted molar refractivity (Wildman–Crippen MR) is 78.3 cm³/mol. The van der Waals surface area contributed by atoms with Crippen LogP contribution in [0, 0.1) is 13.8 Å². The maximum absolute atomic E-state index is 11.7. The van der Waals surface area contributed by atoms with Gasteiger partial charge in [-0.1, -0.05) is 30.3 Å². The second-order valence-electron chi connectivity index (χ2n) is 4.56. The first-order chi connectivity index (χ1) is 9.63. The molecule has 1 heterocycles. The van der Waals surface area contributed by atoms with Gasteiger partial charge in [-0.3, -0.25) is 4.79 Å². The van der Waals surface area contributed by atoms with Crippen LogP contribution in [0.2, 0.25) is 0 Å². The third kappa shape index (κ3) is 4.35. The number of aryl methyl sites for hydroxylation is 2. The number of hydrogen-bond acceptors (Lipinski definition) is 4. The van der Waals surface area contributed by atoms with Crippen LogP contribution in [0.5, 0.6) is 0 Å².